The lowest BCUT2D eigenvalue weighted by atomic mass is 9.86. The van der Waals surface area contributed by atoms with Gasteiger partial charge in [-0.3, -0.25) is 0 Å². The van der Waals surface area contributed by atoms with Crippen molar-refractivity contribution in [1.29, 1.82) is 0 Å². The average Bonchev–Trinajstić information content (AvgIpc) is 2.88. The van der Waals surface area contributed by atoms with Crippen molar-refractivity contribution >= 4 is 11.6 Å². The summed E-state index contributed by atoms with van der Waals surface area (Å²) in [6.45, 7) is 9.15. The first-order valence-electron chi connectivity index (χ1n) is 7.73. The van der Waals surface area contributed by atoms with E-state index in [9.17, 15) is 0 Å². The molecule has 1 atom stereocenters. The van der Waals surface area contributed by atoms with Gasteiger partial charge in [0.1, 0.15) is 0 Å². The molecule has 2 rings (SSSR count). The Morgan fingerprint density at radius 2 is 2.05 bits per heavy atom. The number of nitrogens with zero attached hydrogens (tertiary/aromatic N) is 1. The molecular formula is C17H27ClN2O. The van der Waals surface area contributed by atoms with Gasteiger partial charge in [0, 0.05) is 42.7 Å². The molecule has 0 saturated carbocycles. The maximum atomic E-state index is 5.94. The molecule has 3 nitrogen and oxygen atoms in total. The third-order valence-electron chi connectivity index (χ3n) is 4.04. The van der Waals surface area contributed by atoms with Crippen LogP contribution in [0.4, 0.5) is 0 Å². The third-order valence-corrected chi connectivity index (χ3v) is 4.29. The highest BCUT2D eigenvalue weighted by atomic mass is 35.5. The zero-order valence-electron chi connectivity index (χ0n) is 13.4. The lowest BCUT2D eigenvalue weighted by Gasteiger charge is -2.33. The van der Waals surface area contributed by atoms with E-state index >= 15 is 0 Å². The maximum Gasteiger partial charge on any atom is 0.0547 e. The first kappa shape index (κ1) is 16.8. The lowest BCUT2D eigenvalue weighted by Crippen LogP contribution is -2.45. The molecule has 1 aromatic carbocycles. The minimum atomic E-state index is 0.242. The second-order valence-corrected chi connectivity index (χ2v) is 7.07. The fraction of sp³-hybridized carbons (Fsp3) is 0.647. The molecule has 1 saturated heterocycles. The van der Waals surface area contributed by atoms with Crippen molar-refractivity contribution in [2.45, 2.75) is 32.9 Å². The lowest BCUT2D eigenvalue weighted by molar-refractivity contribution is 0.115. The van der Waals surface area contributed by atoms with Gasteiger partial charge >= 0.3 is 0 Å². The first-order valence-corrected chi connectivity index (χ1v) is 8.11. The molecule has 0 spiro atoms. The summed E-state index contributed by atoms with van der Waals surface area (Å²) in [6.07, 6.45) is 1.14. The number of halogens is 1. The molecule has 0 radical (unpaired) electrons. The van der Waals surface area contributed by atoms with Crippen LogP contribution in [0.5, 0.6) is 0 Å². The van der Waals surface area contributed by atoms with E-state index < -0.39 is 0 Å². The Morgan fingerprint density at radius 3 is 2.62 bits per heavy atom. The van der Waals surface area contributed by atoms with Crippen molar-refractivity contribution in [2.24, 2.45) is 5.41 Å². The summed E-state index contributed by atoms with van der Waals surface area (Å²) in [5, 5.41) is 4.38. The number of nitrogens with one attached hydrogen (secondary N) is 1. The highest BCUT2D eigenvalue weighted by molar-refractivity contribution is 6.30. The van der Waals surface area contributed by atoms with E-state index in [4.69, 9.17) is 16.3 Å². The molecule has 1 fully saturated rings. The third kappa shape index (κ3) is 5.26. The highest BCUT2D eigenvalue weighted by Gasteiger charge is 2.35. The second-order valence-electron chi connectivity index (χ2n) is 6.64. The van der Waals surface area contributed by atoms with Gasteiger partial charge in [0.05, 0.1) is 6.61 Å². The van der Waals surface area contributed by atoms with Crippen LogP contribution in [0, 0.1) is 5.41 Å². The maximum absolute atomic E-state index is 5.94. The van der Waals surface area contributed by atoms with E-state index in [1.165, 1.54) is 5.56 Å². The zero-order valence-corrected chi connectivity index (χ0v) is 14.1. The molecule has 1 aliphatic heterocycles. The van der Waals surface area contributed by atoms with E-state index in [0.29, 0.717) is 6.04 Å². The van der Waals surface area contributed by atoms with Crippen LogP contribution in [-0.2, 0) is 11.3 Å². The van der Waals surface area contributed by atoms with Crippen LogP contribution in [0.1, 0.15) is 25.8 Å². The molecule has 1 aromatic rings. The van der Waals surface area contributed by atoms with Gasteiger partial charge in [0.2, 0.25) is 0 Å². The van der Waals surface area contributed by atoms with Crippen molar-refractivity contribution in [1.82, 2.24) is 10.2 Å². The monoisotopic (exact) mass is 310 g/mol. The van der Waals surface area contributed by atoms with Crippen molar-refractivity contribution < 1.29 is 4.74 Å². The van der Waals surface area contributed by atoms with Gasteiger partial charge in [0.15, 0.2) is 0 Å². The van der Waals surface area contributed by atoms with Crippen molar-refractivity contribution in [3.63, 3.8) is 0 Å². The second kappa shape index (κ2) is 7.59. The van der Waals surface area contributed by atoms with Crippen LogP contribution >= 0.6 is 11.6 Å². The van der Waals surface area contributed by atoms with Crippen LogP contribution in [-0.4, -0.2) is 44.3 Å². The molecule has 0 aliphatic carbocycles. The number of hydrogen-bond acceptors (Lipinski definition) is 3. The van der Waals surface area contributed by atoms with Gasteiger partial charge < -0.3 is 15.0 Å². The molecule has 0 aromatic heterocycles. The SMILES string of the molecule is CC(C)NCC1(CN(C)Cc2ccc(Cl)cc2)CCOC1. The van der Waals surface area contributed by atoms with Crippen LogP contribution in [0.3, 0.4) is 0 Å². The molecule has 21 heavy (non-hydrogen) atoms. The van der Waals surface area contributed by atoms with Crippen molar-refractivity contribution in [3.05, 3.63) is 34.9 Å². The quantitative estimate of drug-likeness (QED) is 0.837. The summed E-state index contributed by atoms with van der Waals surface area (Å²) in [6, 6.07) is 8.63. The Balaban J connectivity index is 1.91. The molecule has 1 aliphatic rings. The standard InChI is InChI=1S/C17H27ClN2O/c1-14(2)19-11-17(8-9-21-13-17)12-20(3)10-15-4-6-16(18)7-5-15/h4-7,14,19H,8-13H2,1-3H3. The van der Waals surface area contributed by atoms with Crippen molar-refractivity contribution in [3.8, 4) is 0 Å². The molecule has 4 heteroatoms. The predicted octanol–water partition coefficient (Wildman–Crippen LogP) is 3.18. The van der Waals surface area contributed by atoms with Gasteiger partial charge in [-0.2, -0.15) is 0 Å². The van der Waals surface area contributed by atoms with E-state index in [0.717, 1.165) is 44.3 Å². The number of ether oxygens (including phenoxy) is 1. The van der Waals surface area contributed by atoms with Crippen molar-refractivity contribution in [2.75, 3.05) is 33.4 Å². The van der Waals surface area contributed by atoms with Gasteiger partial charge in [-0.15, -0.1) is 0 Å². The zero-order chi connectivity index (χ0) is 15.3. The van der Waals surface area contributed by atoms with Gasteiger partial charge in [0.25, 0.3) is 0 Å². The largest absolute Gasteiger partial charge is 0.381 e. The topological polar surface area (TPSA) is 24.5 Å². The molecule has 0 amide bonds. The summed E-state index contributed by atoms with van der Waals surface area (Å²) in [4.78, 5) is 2.39. The minimum Gasteiger partial charge on any atom is -0.381 e. The van der Waals surface area contributed by atoms with Crippen LogP contribution in [0.25, 0.3) is 0 Å². The van der Waals surface area contributed by atoms with E-state index in [2.05, 4.69) is 43.2 Å². The Bertz CT molecular complexity index is 427. The highest BCUT2D eigenvalue weighted by Crippen LogP contribution is 2.29. The normalized spacial score (nSPS) is 22.4. The molecular weight excluding hydrogens is 284 g/mol. The van der Waals surface area contributed by atoms with E-state index in [-0.39, 0.29) is 5.41 Å². The first-order chi connectivity index (χ1) is 9.99. The molecule has 0 bridgehead atoms. The Kier molecular flexibility index (Phi) is 6.06. The minimum absolute atomic E-state index is 0.242. The number of hydrogen-bond donors (Lipinski definition) is 1. The fourth-order valence-corrected chi connectivity index (χ4v) is 3.05. The van der Waals surface area contributed by atoms with Crippen LogP contribution in [0.15, 0.2) is 24.3 Å². The summed E-state index contributed by atoms with van der Waals surface area (Å²) in [5.41, 5.74) is 1.54. The average molecular weight is 311 g/mol. The van der Waals surface area contributed by atoms with Crippen LogP contribution in [0.2, 0.25) is 5.02 Å². The Morgan fingerprint density at radius 1 is 1.33 bits per heavy atom. The van der Waals surface area contributed by atoms with Gasteiger partial charge in [-0.25, -0.2) is 0 Å². The number of rotatable bonds is 7. The summed E-state index contributed by atoms with van der Waals surface area (Å²) < 4.78 is 5.68. The summed E-state index contributed by atoms with van der Waals surface area (Å²) in [7, 11) is 2.18. The van der Waals surface area contributed by atoms with E-state index in [1.54, 1.807) is 0 Å². The van der Waals surface area contributed by atoms with E-state index in [1.807, 2.05) is 12.1 Å². The molecule has 1 heterocycles. The summed E-state index contributed by atoms with van der Waals surface area (Å²) in [5.74, 6) is 0. The predicted molar refractivity (Wildman–Crippen MR) is 88.8 cm³/mol. The molecule has 1 unspecified atom stereocenters. The van der Waals surface area contributed by atoms with Crippen LogP contribution < -0.4 is 5.32 Å². The molecule has 1 N–H and O–H groups in total. The van der Waals surface area contributed by atoms with Gasteiger partial charge in [-0.05, 0) is 31.2 Å². The Hall–Kier alpha value is -0.610. The molecule has 118 valence electrons. The smallest absolute Gasteiger partial charge is 0.0547 e. The summed E-state index contributed by atoms with van der Waals surface area (Å²) >= 11 is 5.94. The Labute approximate surface area is 133 Å². The van der Waals surface area contributed by atoms with Gasteiger partial charge in [-0.1, -0.05) is 37.6 Å². The fourth-order valence-electron chi connectivity index (χ4n) is 2.92. The number of benzene rings is 1.